The van der Waals surface area contributed by atoms with Crippen LogP contribution in [0.5, 0.6) is 0 Å². The second-order valence-electron chi connectivity index (χ2n) is 5.22. The van der Waals surface area contributed by atoms with Gasteiger partial charge in [-0.25, -0.2) is 0 Å². The third-order valence-corrected chi connectivity index (χ3v) is 4.30. The van der Waals surface area contributed by atoms with Gasteiger partial charge in [-0.05, 0) is 44.6 Å². The van der Waals surface area contributed by atoms with Gasteiger partial charge in [-0.3, -0.25) is 4.90 Å². The molecule has 0 aliphatic carbocycles. The van der Waals surface area contributed by atoms with Gasteiger partial charge in [-0.15, -0.1) is 0 Å². The van der Waals surface area contributed by atoms with Gasteiger partial charge in [0.1, 0.15) is 0 Å². The summed E-state index contributed by atoms with van der Waals surface area (Å²) < 4.78 is 5.61. The third kappa shape index (κ3) is 2.58. The maximum Gasteiger partial charge on any atom is 0.0509 e. The molecule has 2 saturated heterocycles. The minimum Gasteiger partial charge on any atom is -0.381 e. The highest BCUT2D eigenvalue weighted by atomic mass is 16.5. The lowest BCUT2D eigenvalue weighted by Crippen LogP contribution is -2.49. The van der Waals surface area contributed by atoms with Gasteiger partial charge in [0.25, 0.3) is 0 Å². The molecule has 0 aromatic rings. The van der Waals surface area contributed by atoms with Gasteiger partial charge >= 0.3 is 0 Å². The van der Waals surface area contributed by atoms with E-state index in [1.54, 1.807) is 0 Å². The van der Waals surface area contributed by atoms with Crippen LogP contribution in [0.15, 0.2) is 0 Å². The van der Waals surface area contributed by atoms with Crippen molar-refractivity contribution < 1.29 is 4.74 Å². The summed E-state index contributed by atoms with van der Waals surface area (Å²) in [5.74, 6) is 0.672. The van der Waals surface area contributed by atoms with Crippen LogP contribution in [0.4, 0.5) is 0 Å². The van der Waals surface area contributed by atoms with Gasteiger partial charge < -0.3 is 10.5 Å². The summed E-state index contributed by atoms with van der Waals surface area (Å²) in [4.78, 5) is 2.67. The molecule has 3 heteroatoms. The van der Waals surface area contributed by atoms with Crippen molar-refractivity contribution in [3.05, 3.63) is 0 Å². The number of nitrogens with two attached hydrogens (primary N) is 1. The molecule has 0 aromatic heterocycles. The SMILES string of the molecule is CCC1CCCN1C(CN)C1CCCOC1. The zero-order valence-corrected chi connectivity index (χ0v) is 10.5. The summed E-state index contributed by atoms with van der Waals surface area (Å²) in [6.45, 7) is 6.22. The number of ether oxygens (including phenoxy) is 1. The highest BCUT2D eigenvalue weighted by Crippen LogP contribution is 2.28. The van der Waals surface area contributed by atoms with Crippen molar-refractivity contribution in [2.75, 3.05) is 26.3 Å². The van der Waals surface area contributed by atoms with E-state index in [1.165, 1.54) is 38.6 Å². The fraction of sp³-hybridized carbons (Fsp3) is 1.00. The minimum atomic E-state index is 0.563. The second-order valence-corrected chi connectivity index (χ2v) is 5.22. The van der Waals surface area contributed by atoms with Gasteiger partial charge in [-0.2, -0.15) is 0 Å². The largest absolute Gasteiger partial charge is 0.381 e. The molecule has 16 heavy (non-hydrogen) atoms. The quantitative estimate of drug-likeness (QED) is 0.791. The molecule has 2 heterocycles. The van der Waals surface area contributed by atoms with Gasteiger partial charge in [-0.1, -0.05) is 6.92 Å². The molecule has 0 amide bonds. The van der Waals surface area contributed by atoms with Crippen LogP contribution in [-0.2, 0) is 4.74 Å². The number of hydrogen-bond donors (Lipinski definition) is 1. The molecule has 2 rings (SSSR count). The monoisotopic (exact) mass is 226 g/mol. The van der Waals surface area contributed by atoms with E-state index in [9.17, 15) is 0 Å². The molecule has 0 radical (unpaired) electrons. The molecule has 2 aliphatic heterocycles. The van der Waals surface area contributed by atoms with E-state index < -0.39 is 0 Å². The van der Waals surface area contributed by atoms with E-state index in [4.69, 9.17) is 10.5 Å². The standard InChI is InChI=1S/C13H26N2O/c1-2-12-6-3-7-15(12)13(9-14)11-5-4-8-16-10-11/h11-13H,2-10,14H2,1H3. The number of likely N-dealkylation sites (tertiary alicyclic amines) is 1. The van der Waals surface area contributed by atoms with Crippen LogP contribution >= 0.6 is 0 Å². The predicted molar refractivity (Wildman–Crippen MR) is 66.4 cm³/mol. The first kappa shape index (κ1) is 12.3. The van der Waals surface area contributed by atoms with E-state index >= 15 is 0 Å². The molecule has 3 nitrogen and oxygen atoms in total. The van der Waals surface area contributed by atoms with Crippen LogP contribution in [0.25, 0.3) is 0 Å². The fourth-order valence-electron chi connectivity index (χ4n) is 3.40. The number of nitrogens with zero attached hydrogens (tertiary/aromatic N) is 1. The van der Waals surface area contributed by atoms with Crippen molar-refractivity contribution in [1.29, 1.82) is 0 Å². The molecule has 0 spiro atoms. The molecule has 2 N–H and O–H groups in total. The third-order valence-electron chi connectivity index (χ3n) is 4.30. The molecule has 3 atom stereocenters. The second kappa shape index (κ2) is 5.99. The summed E-state index contributed by atoms with van der Waals surface area (Å²) in [5.41, 5.74) is 6.00. The van der Waals surface area contributed by atoms with Gasteiger partial charge in [0.15, 0.2) is 0 Å². The van der Waals surface area contributed by atoms with Crippen molar-refractivity contribution >= 4 is 0 Å². The smallest absolute Gasteiger partial charge is 0.0509 e. The van der Waals surface area contributed by atoms with Gasteiger partial charge in [0.05, 0.1) is 6.61 Å². The molecular formula is C13H26N2O. The maximum absolute atomic E-state index is 6.00. The average Bonchev–Trinajstić information content (AvgIpc) is 2.80. The number of rotatable bonds is 4. The molecule has 0 saturated carbocycles. The molecular weight excluding hydrogens is 200 g/mol. The molecule has 94 valence electrons. The summed E-state index contributed by atoms with van der Waals surface area (Å²) in [6, 6.07) is 1.34. The van der Waals surface area contributed by atoms with Crippen LogP contribution in [0.1, 0.15) is 39.0 Å². The zero-order valence-electron chi connectivity index (χ0n) is 10.5. The molecule has 2 aliphatic rings. The Labute approximate surface area is 99.3 Å². The lowest BCUT2D eigenvalue weighted by Gasteiger charge is -2.38. The van der Waals surface area contributed by atoms with Crippen molar-refractivity contribution in [2.45, 2.75) is 51.1 Å². The van der Waals surface area contributed by atoms with Crippen molar-refractivity contribution in [2.24, 2.45) is 11.7 Å². The lowest BCUT2D eigenvalue weighted by molar-refractivity contribution is 0.00744. The van der Waals surface area contributed by atoms with E-state index in [1.807, 2.05) is 0 Å². The highest BCUT2D eigenvalue weighted by Gasteiger charge is 2.34. The van der Waals surface area contributed by atoms with Gasteiger partial charge in [0.2, 0.25) is 0 Å². The number of hydrogen-bond acceptors (Lipinski definition) is 3. The first-order chi connectivity index (χ1) is 7.86. The first-order valence-corrected chi connectivity index (χ1v) is 6.90. The Hall–Kier alpha value is -0.120. The Balaban J connectivity index is 1.97. The molecule has 3 unspecified atom stereocenters. The lowest BCUT2D eigenvalue weighted by atomic mass is 9.92. The average molecular weight is 226 g/mol. The van der Waals surface area contributed by atoms with Crippen molar-refractivity contribution in [1.82, 2.24) is 4.90 Å². The topological polar surface area (TPSA) is 38.5 Å². The summed E-state index contributed by atoms with van der Waals surface area (Å²) in [5, 5.41) is 0. The maximum atomic E-state index is 6.00. The molecule has 2 fully saturated rings. The van der Waals surface area contributed by atoms with Crippen molar-refractivity contribution in [3.8, 4) is 0 Å². The van der Waals surface area contributed by atoms with E-state index in [0.29, 0.717) is 12.0 Å². The van der Waals surface area contributed by atoms with E-state index in [-0.39, 0.29) is 0 Å². The summed E-state index contributed by atoms with van der Waals surface area (Å²) >= 11 is 0. The van der Waals surface area contributed by atoms with Gasteiger partial charge in [0, 0.05) is 25.2 Å². The minimum absolute atomic E-state index is 0.563. The van der Waals surface area contributed by atoms with Crippen LogP contribution < -0.4 is 5.73 Å². The van der Waals surface area contributed by atoms with Crippen LogP contribution in [-0.4, -0.2) is 43.3 Å². The Kier molecular flexibility index (Phi) is 4.62. The summed E-state index contributed by atoms with van der Waals surface area (Å²) in [7, 11) is 0. The Morgan fingerprint density at radius 1 is 1.38 bits per heavy atom. The van der Waals surface area contributed by atoms with Crippen LogP contribution in [0, 0.1) is 5.92 Å². The summed E-state index contributed by atoms with van der Waals surface area (Å²) in [6.07, 6.45) is 6.49. The predicted octanol–water partition coefficient (Wildman–Crippen LogP) is 1.61. The normalized spacial score (nSPS) is 34.1. The molecule has 0 aromatic carbocycles. The highest BCUT2D eigenvalue weighted by molar-refractivity contribution is 4.89. The van der Waals surface area contributed by atoms with Crippen LogP contribution in [0.3, 0.4) is 0 Å². The van der Waals surface area contributed by atoms with Crippen molar-refractivity contribution in [3.63, 3.8) is 0 Å². The first-order valence-electron chi connectivity index (χ1n) is 6.90. The molecule has 0 bridgehead atoms. The van der Waals surface area contributed by atoms with E-state index in [0.717, 1.165) is 25.8 Å². The Morgan fingerprint density at radius 2 is 2.25 bits per heavy atom. The van der Waals surface area contributed by atoms with Crippen LogP contribution in [0.2, 0.25) is 0 Å². The fourth-order valence-corrected chi connectivity index (χ4v) is 3.40. The Bertz CT molecular complexity index is 204. The zero-order chi connectivity index (χ0) is 11.4. The Morgan fingerprint density at radius 3 is 2.88 bits per heavy atom. The van der Waals surface area contributed by atoms with E-state index in [2.05, 4.69) is 11.8 Å².